The fraction of sp³-hybridized carbons (Fsp3) is 0.579. The van der Waals surface area contributed by atoms with Gasteiger partial charge in [-0.2, -0.15) is 0 Å². The molecular weight excluding hydrogens is 335 g/mol. The molecule has 2 aliphatic heterocycles. The molecule has 0 unspecified atom stereocenters. The highest BCUT2D eigenvalue weighted by Gasteiger charge is 2.31. The van der Waals surface area contributed by atoms with Crippen LogP contribution >= 0.6 is 0 Å². The highest BCUT2D eigenvalue weighted by atomic mass is 19.1. The van der Waals surface area contributed by atoms with Crippen LogP contribution in [0.15, 0.2) is 24.3 Å². The number of amides is 3. The van der Waals surface area contributed by atoms with Crippen molar-refractivity contribution in [3.63, 3.8) is 0 Å². The van der Waals surface area contributed by atoms with Crippen molar-refractivity contribution in [1.29, 1.82) is 0 Å². The second-order valence-electron chi connectivity index (χ2n) is 7.20. The first-order valence-corrected chi connectivity index (χ1v) is 9.55. The first-order valence-electron chi connectivity index (χ1n) is 9.55. The van der Waals surface area contributed by atoms with Crippen molar-refractivity contribution >= 4 is 17.6 Å². The van der Waals surface area contributed by atoms with Gasteiger partial charge in [0.15, 0.2) is 0 Å². The molecule has 1 aromatic rings. The second-order valence-corrected chi connectivity index (χ2v) is 7.20. The van der Waals surface area contributed by atoms with E-state index in [1.807, 2.05) is 0 Å². The van der Waals surface area contributed by atoms with E-state index in [-0.39, 0.29) is 30.2 Å². The molecule has 2 heterocycles. The molecule has 2 aliphatic rings. The van der Waals surface area contributed by atoms with Crippen LogP contribution in [0.1, 0.15) is 32.1 Å². The molecule has 3 amide bonds. The van der Waals surface area contributed by atoms with Gasteiger partial charge in [-0.3, -0.25) is 4.79 Å². The summed E-state index contributed by atoms with van der Waals surface area (Å²) >= 11 is 0. The number of halogens is 1. The lowest BCUT2D eigenvalue weighted by molar-refractivity contribution is -0.904. The van der Waals surface area contributed by atoms with E-state index in [9.17, 15) is 14.0 Å². The molecule has 0 spiro atoms. The van der Waals surface area contributed by atoms with Gasteiger partial charge in [0, 0.05) is 31.6 Å². The number of likely N-dealkylation sites (tertiary alicyclic amines) is 1. The van der Waals surface area contributed by atoms with Crippen LogP contribution < -0.4 is 20.4 Å². The standard InChI is InChI=1S/C19H27FN4O2/c20-15-6-4-7-17(12-15)24-14-16(13-18(24)25)22-19(26)21-8-5-11-23-9-2-1-3-10-23/h4,6-7,12,16H,1-3,5,8-11,13-14H2,(H2,21,22,26)/p+1/t16-/m1/s1. The molecule has 6 nitrogen and oxygen atoms in total. The highest BCUT2D eigenvalue weighted by Crippen LogP contribution is 2.22. The van der Waals surface area contributed by atoms with Gasteiger partial charge < -0.3 is 20.4 Å². The number of carbonyl (C=O) groups is 2. The van der Waals surface area contributed by atoms with E-state index in [4.69, 9.17) is 0 Å². The lowest BCUT2D eigenvalue weighted by Gasteiger charge is -2.23. The van der Waals surface area contributed by atoms with Crippen LogP contribution in [0.4, 0.5) is 14.9 Å². The van der Waals surface area contributed by atoms with Crippen molar-refractivity contribution in [2.75, 3.05) is 37.6 Å². The number of urea groups is 1. The molecule has 0 saturated carbocycles. The molecule has 3 rings (SSSR count). The van der Waals surface area contributed by atoms with Crippen molar-refractivity contribution in [2.45, 2.75) is 38.1 Å². The average Bonchev–Trinajstić information content (AvgIpc) is 3.00. The smallest absolute Gasteiger partial charge is 0.315 e. The van der Waals surface area contributed by atoms with Gasteiger partial charge in [-0.15, -0.1) is 0 Å². The van der Waals surface area contributed by atoms with Gasteiger partial charge in [0.05, 0.1) is 25.7 Å². The molecule has 2 saturated heterocycles. The molecular formula is C19H28FN4O2+. The van der Waals surface area contributed by atoms with Crippen molar-refractivity contribution in [2.24, 2.45) is 0 Å². The summed E-state index contributed by atoms with van der Waals surface area (Å²) in [5, 5.41) is 5.72. The van der Waals surface area contributed by atoms with Crippen LogP contribution in [0.2, 0.25) is 0 Å². The summed E-state index contributed by atoms with van der Waals surface area (Å²) in [5.41, 5.74) is 0.532. The molecule has 2 fully saturated rings. The molecule has 1 aromatic carbocycles. The summed E-state index contributed by atoms with van der Waals surface area (Å²) < 4.78 is 13.3. The molecule has 142 valence electrons. The largest absolute Gasteiger partial charge is 0.338 e. The van der Waals surface area contributed by atoms with E-state index >= 15 is 0 Å². The van der Waals surface area contributed by atoms with Gasteiger partial charge in [0.1, 0.15) is 5.82 Å². The Kier molecular flexibility index (Phi) is 6.44. The van der Waals surface area contributed by atoms with Crippen LogP contribution in [-0.4, -0.2) is 50.7 Å². The Morgan fingerprint density at radius 1 is 1.27 bits per heavy atom. The van der Waals surface area contributed by atoms with Gasteiger partial charge in [-0.05, 0) is 37.5 Å². The second kappa shape index (κ2) is 8.98. The molecule has 3 N–H and O–H groups in total. The van der Waals surface area contributed by atoms with Gasteiger partial charge in [-0.1, -0.05) is 6.07 Å². The van der Waals surface area contributed by atoms with Crippen molar-refractivity contribution in [1.82, 2.24) is 10.6 Å². The number of anilines is 1. The predicted octanol–water partition coefficient (Wildman–Crippen LogP) is 0.689. The summed E-state index contributed by atoms with van der Waals surface area (Å²) in [4.78, 5) is 27.3. The number of benzene rings is 1. The number of carbonyl (C=O) groups excluding carboxylic acids is 2. The fourth-order valence-electron chi connectivity index (χ4n) is 3.78. The van der Waals surface area contributed by atoms with Gasteiger partial charge in [0.25, 0.3) is 0 Å². The first-order chi connectivity index (χ1) is 12.6. The molecule has 1 atom stereocenters. The van der Waals surface area contributed by atoms with Crippen LogP contribution in [0, 0.1) is 5.82 Å². The normalized spacial score (nSPS) is 21.0. The summed E-state index contributed by atoms with van der Waals surface area (Å²) in [7, 11) is 0. The van der Waals surface area contributed by atoms with E-state index in [1.165, 1.54) is 49.4 Å². The number of piperidine rings is 1. The average molecular weight is 363 g/mol. The number of nitrogens with zero attached hydrogens (tertiary/aromatic N) is 1. The van der Waals surface area contributed by atoms with E-state index in [1.54, 1.807) is 17.0 Å². The molecule has 0 aromatic heterocycles. The van der Waals surface area contributed by atoms with Crippen molar-refractivity contribution < 1.29 is 18.9 Å². The van der Waals surface area contributed by atoms with Crippen LogP contribution in [0.3, 0.4) is 0 Å². The van der Waals surface area contributed by atoms with Crippen LogP contribution in [-0.2, 0) is 4.79 Å². The van der Waals surface area contributed by atoms with Crippen molar-refractivity contribution in [3.8, 4) is 0 Å². The number of nitrogens with one attached hydrogen (secondary N) is 3. The maximum Gasteiger partial charge on any atom is 0.315 e. The lowest BCUT2D eigenvalue weighted by Crippen LogP contribution is -3.12. The SMILES string of the molecule is O=C(NCCC[NH+]1CCCCC1)N[C@@H]1CC(=O)N(c2cccc(F)c2)C1. The Labute approximate surface area is 153 Å². The maximum atomic E-state index is 13.3. The Balaban J connectivity index is 1.37. The van der Waals surface area contributed by atoms with Gasteiger partial charge in [-0.25, -0.2) is 9.18 Å². The summed E-state index contributed by atoms with van der Waals surface area (Å²) in [5.74, 6) is -0.477. The minimum atomic E-state index is -0.375. The zero-order valence-electron chi connectivity index (χ0n) is 15.1. The lowest BCUT2D eigenvalue weighted by atomic mass is 10.1. The van der Waals surface area contributed by atoms with E-state index in [2.05, 4.69) is 10.6 Å². The summed E-state index contributed by atoms with van der Waals surface area (Å²) in [6.45, 7) is 4.59. The number of hydrogen-bond acceptors (Lipinski definition) is 2. The van der Waals surface area contributed by atoms with Gasteiger partial charge >= 0.3 is 6.03 Å². The predicted molar refractivity (Wildman–Crippen MR) is 97.7 cm³/mol. The number of quaternary nitrogens is 1. The fourth-order valence-corrected chi connectivity index (χ4v) is 3.78. The topological polar surface area (TPSA) is 65.9 Å². The monoisotopic (exact) mass is 363 g/mol. The van der Waals surface area contributed by atoms with E-state index in [0.717, 1.165) is 13.0 Å². The zero-order chi connectivity index (χ0) is 18.4. The van der Waals surface area contributed by atoms with E-state index < -0.39 is 0 Å². The third-order valence-electron chi connectivity index (χ3n) is 5.13. The molecule has 26 heavy (non-hydrogen) atoms. The number of hydrogen-bond donors (Lipinski definition) is 3. The minimum absolute atomic E-state index is 0.102. The summed E-state index contributed by atoms with van der Waals surface area (Å²) in [6, 6.07) is 5.47. The van der Waals surface area contributed by atoms with Crippen LogP contribution in [0.5, 0.6) is 0 Å². The third-order valence-corrected chi connectivity index (χ3v) is 5.13. The molecule has 0 bridgehead atoms. The third kappa shape index (κ3) is 5.17. The summed E-state index contributed by atoms with van der Waals surface area (Å²) in [6.07, 6.45) is 5.15. The van der Waals surface area contributed by atoms with E-state index in [0.29, 0.717) is 18.8 Å². The van der Waals surface area contributed by atoms with Crippen LogP contribution in [0.25, 0.3) is 0 Å². The number of rotatable bonds is 6. The quantitative estimate of drug-likeness (QED) is 0.651. The Hall–Kier alpha value is -2.15. The molecule has 0 radical (unpaired) electrons. The Morgan fingerprint density at radius 2 is 2.08 bits per heavy atom. The maximum absolute atomic E-state index is 13.3. The first kappa shape index (κ1) is 18.6. The zero-order valence-corrected chi connectivity index (χ0v) is 15.1. The minimum Gasteiger partial charge on any atom is -0.338 e. The Bertz CT molecular complexity index is 634. The Morgan fingerprint density at radius 3 is 2.85 bits per heavy atom. The molecule has 0 aliphatic carbocycles. The van der Waals surface area contributed by atoms with Gasteiger partial charge in [0.2, 0.25) is 5.91 Å². The van der Waals surface area contributed by atoms with Crippen molar-refractivity contribution in [3.05, 3.63) is 30.1 Å². The highest BCUT2D eigenvalue weighted by molar-refractivity contribution is 5.96. The molecule has 7 heteroatoms.